The SMILES string of the molecule is COCCNC(C(=O)N(C)C(C(=O)NCC(=O)NC/C=C/c1ccccc1)C(C)O)C1CCCCC1. The molecule has 3 atom stereocenters. The maximum Gasteiger partial charge on any atom is 0.245 e. The van der Waals surface area contributed by atoms with E-state index in [0.717, 1.165) is 37.7 Å². The number of hydrogen-bond acceptors (Lipinski definition) is 6. The molecule has 9 heteroatoms. The van der Waals surface area contributed by atoms with Crippen molar-refractivity contribution in [3.8, 4) is 0 Å². The largest absolute Gasteiger partial charge is 0.391 e. The van der Waals surface area contributed by atoms with Crippen molar-refractivity contribution in [1.82, 2.24) is 20.9 Å². The molecular formula is C27H42N4O5. The van der Waals surface area contributed by atoms with Gasteiger partial charge in [0.1, 0.15) is 6.04 Å². The number of amides is 3. The molecular weight excluding hydrogens is 460 g/mol. The summed E-state index contributed by atoms with van der Waals surface area (Å²) < 4.78 is 5.12. The molecule has 1 fully saturated rings. The second kappa shape index (κ2) is 16.1. The van der Waals surface area contributed by atoms with Gasteiger partial charge >= 0.3 is 0 Å². The number of benzene rings is 1. The lowest BCUT2D eigenvalue weighted by molar-refractivity contribution is -0.145. The third-order valence-electron chi connectivity index (χ3n) is 6.50. The van der Waals surface area contributed by atoms with E-state index in [9.17, 15) is 19.5 Å². The van der Waals surface area contributed by atoms with E-state index in [-0.39, 0.29) is 24.3 Å². The number of methoxy groups -OCH3 is 1. The average Bonchev–Trinajstić information content (AvgIpc) is 2.88. The highest BCUT2D eigenvalue weighted by molar-refractivity contribution is 5.92. The van der Waals surface area contributed by atoms with Crippen LogP contribution in [0.25, 0.3) is 6.08 Å². The fourth-order valence-electron chi connectivity index (χ4n) is 4.58. The number of carbonyl (C=O) groups excluding carboxylic acids is 3. The molecule has 0 bridgehead atoms. The molecule has 1 saturated carbocycles. The molecule has 1 aromatic rings. The van der Waals surface area contributed by atoms with Crippen molar-refractivity contribution in [2.75, 3.05) is 40.4 Å². The van der Waals surface area contributed by atoms with E-state index < -0.39 is 24.1 Å². The molecule has 1 aromatic carbocycles. The fourth-order valence-corrected chi connectivity index (χ4v) is 4.58. The number of likely N-dealkylation sites (N-methyl/N-ethyl adjacent to an activating group) is 1. The van der Waals surface area contributed by atoms with Crippen LogP contribution in [0, 0.1) is 5.92 Å². The van der Waals surface area contributed by atoms with Crippen molar-refractivity contribution in [3.05, 3.63) is 42.0 Å². The zero-order chi connectivity index (χ0) is 26.3. The topological polar surface area (TPSA) is 120 Å². The average molecular weight is 503 g/mol. The first kappa shape index (κ1) is 29.5. The van der Waals surface area contributed by atoms with E-state index in [1.54, 1.807) is 7.11 Å². The second-order valence-corrected chi connectivity index (χ2v) is 9.29. The van der Waals surface area contributed by atoms with Crippen LogP contribution in [0.4, 0.5) is 0 Å². The van der Waals surface area contributed by atoms with Gasteiger partial charge in [-0.25, -0.2) is 0 Å². The van der Waals surface area contributed by atoms with Crippen LogP contribution in [0.1, 0.15) is 44.6 Å². The molecule has 3 amide bonds. The monoisotopic (exact) mass is 502 g/mol. The molecule has 0 heterocycles. The minimum atomic E-state index is -1.11. The van der Waals surface area contributed by atoms with Gasteiger partial charge in [-0.15, -0.1) is 0 Å². The van der Waals surface area contributed by atoms with Crippen LogP contribution in [0.15, 0.2) is 36.4 Å². The highest BCUT2D eigenvalue weighted by atomic mass is 16.5. The summed E-state index contributed by atoms with van der Waals surface area (Å²) in [6, 6.07) is 8.14. The van der Waals surface area contributed by atoms with Crippen molar-refractivity contribution >= 4 is 23.8 Å². The molecule has 3 unspecified atom stereocenters. The lowest BCUT2D eigenvalue weighted by atomic mass is 9.83. The number of aliphatic hydroxyl groups is 1. The van der Waals surface area contributed by atoms with Gasteiger partial charge in [0.2, 0.25) is 17.7 Å². The Morgan fingerprint density at radius 2 is 1.83 bits per heavy atom. The van der Waals surface area contributed by atoms with Crippen LogP contribution in [-0.4, -0.2) is 86.3 Å². The molecule has 4 N–H and O–H groups in total. The van der Waals surface area contributed by atoms with Crippen LogP contribution in [-0.2, 0) is 19.1 Å². The number of nitrogens with zero attached hydrogens (tertiary/aromatic N) is 1. The predicted molar refractivity (Wildman–Crippen MR) is 140 cm³/mol. The highest BCUT2D eigenvalue weighted by Gasteiger charge is 2.37. The molecule has 200 valence electrons. The van der Waals surface area contributed by atoms with Crippen molar-refractivity contribution < 1.29 is 24.2 Å². The predicted octanol–water partition coefficient (Wildman–Crippen LogP) is 1.32. The quantitative estimate of drug-likeness (QED) is 0.285. The van der Waals surface area contributed by atoms with Gasteiger partial charge in [0.05, 0.1) is 25.3 Å². The van der Waals surface area contributed by atoms with E-state index in [1.165, 1.54) is 18.9 Å². The number of carbonyl (C=O) groups is 3. The van der Waals surface area contributed by atoms with Gasteiger partial charge in [-0.2, -0.15) is 0 Å². The van der Waals surface area contributed by atoms with Crippen molar-refractivity contribution in [2.45, 2.75) is 57.2 Å². The molecule has 1 aliphatic rings. The highest BCUT2D eigenvalue weighted by Crippen LogP contribution is 2.27. The molecule has 9 nitrogen and oxygen atoms in total. The lowest BCUT2D eigenvalue weighted by Crippen LogP contribution is -2.59. The lowest BCUT2D eigenvalue weighted by Gasteiger charge is -2.36. The molecule has 0 aliphatic heterocycles. The Bertz CT molecular complexity index is 840. The Hall–Kier alpha value is -2.75. The molecule has 0 spiro atoms. The normalized spacial score (nSPS) is 16.8. The van der Waals surface area contributed by atoms with Crippen LogP contribution in [0.5, 0.6) is 0 Å². The number of hydrogen-bond donors (Lipinski definition) is 4. The minimum Gasteiger partial charge on any atom is -0.391 e. The summed E-state index contributed by atoms with van der Waals surface area (Å²) in [5.74, 6) is -1.01. The molecule has 0 saturated heterocycles. The fraction of sp³-hybridized carbons (Fsp3) is 0.593. The van der Waals surface area contributed by atoms with E-state index in [2.05, 4.69) is 16.0 Å². The number of nitrogens with one attached hydrogen (secondary N) is 3. The number of aliphatic hydroxyl groups excluding tert-OH is 1. The summed E-state index contributed by atoms with van der Waals surface area (Å²) in [6.45, 7) is 2.52. The second-order valence-electron chi connectivity index (χ2n) is 9.29. The van der Waals surface area contributed by atoms with Gasteiger partial charge in [0.25, 0.3) is 0 Å². The Labute approximate surface area is 214 Å². The molecule has 0 aromatic heterocycles. The summed E-state index contributed by atoms with van der Waals surface area (Å²) in [4.78, 5) is 39.9. The van der Waals surface area contributed by atoms with Crippen LogP contribution < -0.4 is 16.0 Å². The Kier molecular flexibility index (Phi) is 13.2. The number of rotatable bonds is 14. The van der Waals surface area contributed by atoms with E-state index >= 15 is 0 Å². The third kappa shape index (κ3) is 9.72. The summed E-state index contributed by atoms with van der Waals surface area (Å²) in [5, 5.41) is 18.9. The Morgan fingerprint density at radius 1 is 1.14 bits per heavy atom. The third-order valence-corrected chi connectivity index (χ3v) is 6.50. The zero-order valence-electron chi connectivity index (χ0n) is 21.7. The van der Waals surface area contributed by atoms with Gasteiger partial charge in [0.15, 0.2) is 0 Å². The molecule has 2 rings (SSSR count). The molecule has 0 radical (unpaired) electrons. The summed E-state index contributed by atoms with van der Waals surface area (Å²) in [6.07, 6.45) is 7.79. The van der Waals surface area contributed by atoms with E-state index in [0.29, 0.717) is 19.7 Å². The van der Waals surface area contributed by atoms with Crippen molar-refractivity contribution in [3.63, 3.8) is 0 Å². The Morgan fingerprint density at radius 3 is 2.47 bits per heavy atom. The first-order chi connectivity index (χ1) is 17.3. The van der Waals surface area contributed by atoms with Crippen molar-refractivity contribution in [2.24, 2.45) is 5.92 Å². The van der Waals surface area contributed by atoms with Crippen LogP contribution in [0.2, 0.25) is 0 Å². The smallest absolute Gasteiger partial charge is 0.245 e. The maximum absolute atomic E-state index is 13.5. The maximum atomic E-state index is 13.5. The molecule has 1 aliphatic carbocycles. The van der Waals surface area contributed by atoms with Gasteiger partial charge in [-0.3, -0.25) is 14.4 Å². The summed E-state index contributed by atoms with van der Waals surface area (Å²) in [7, 11) is 3.14. The summed E-state index contributed by atoms with van der Waals surface area (Å²) >= 11 is 0. The molecule has 36 heavy (non-hydrogen) atoms. The standard InChI is InChI=1S/C27H42N4O5/c1-20(32)25(26(34)30-19-23(33)28-16-10-13-21-11-6-4-7-12-21)31(2)27(35)24(29-17-18-36-3)22-14-8-5-9-15-22/h4,6-7,10-13,20,22,24-25,29,32H,5,8-9,14-19H2,1-3H3,(H,28,33)(H,30,34)/b13-10+. The van der Waals surface area contributed by atoms with Gasteiger partial charge in [-0.1, -0.05) is 61.7 Å². The Balaban J connectivity index is 1.92. The first-order valence-electron chi connectivity index (χ1n) is 12.8. The van der Waals surface area contributed by atoms with Crippen molar-refractivity contribution in [1.29, 1.82) is 0 Å². The minimum absolute atomic E-state index is 0.165. The zero-order valence-corrected chi connectivity index (χ0v) is 21.7. The van der Waals surface area contributed by atoms with Gasteiger partial charge in [-0.05, 0) is 31.2 Å². The van der Waals surface area contributed by atoms with E-state index in [1.807, 2.05) is 42.5 Å². The first-order valence-corrected chi connectivity index (χ1v) is 12.8. The van der Waals surface area contributed by atoms with Crippen LogP contribution in [0.3, 0.4) is 0 Å². The summed E-state index contributed by atoms with van der Waals surface area (Å²) in [5.41, 5.74) is 1.02. The van der Waals surface area contributed by atoms with E-state index in [4.69, 9.17) is 4.74 Å². The van der Waals surface area contributed by atoms with Crippen LogP contribution >= 0.6 is 0 Å². The van der Waals surface area contributed by atoms with Gasteiger partial charge < -0.3 is 30.7 Å². The number of ether oxygens (including phenoxy) is 1. The van der Waals surface area contributed by atoms with Gasteiger partial charge in [0, 0.05) is 27.2 Å².